The Balaban J connectivity index is 1.42. The molecule has 1 N–H and O–H groups in total. The van der Waals surface area contributed by atoms with Crippen LogP contribution in [-0.4, -0.2) is 38.3 Å². The van der Waals surface area contributed by atoms with Gasteiger partial charge in [0.2, 0.25) is 15.9 Å². The summed E-state index contributed by atoms with van der Waals surface area (Å²) in [5.41, 5.74) is 1.80. The monoisotopic (exact) mass is 480 g/mol. The zero-order valence-electron chi connectivity index (χ0n) is 19.2. The minimum absolute atomic E-state index is 0.0824. The largest absolute Gasteiger partial charge is 0.355 e. The predicted octanol–water partition coefficient (Wildman–Crippen LogP) is 4.35. The van der Waals surface area contributed by atoms with E-state index in [1.165, 1.54) is 22.5 Å². The maximum atomic E-state index is 14.1. The molecule has 0 spiro atoms. The fourth-order valence-electron chi connectivity index (χ4n) is 4.54. The summed E-state index contributed by atoms with van der Waals surface area (Å²) in [6.45, 7) is 2.90. The Kier molecular flexibility index (Phi) is 7.14. The Hall–Kier alpha value is -3.03. The number of benzene rings is 3. The van der Waals surface area contributed by atoms with Crippen LogP contribution in [0.3, 0.4) is 0 Å². The number of piperidine rings is 1. The van der Waals surface area contributed by atoms with Crippen LogP contribution in [0, 0.1) is 11.7 Å². The molecule has 0 atom stereocenters. The molecule has 1 fully saturated rings. The molecule has 1 aliphatic rings. The summed E-state index contributed by atoms with van der Waals surface area (Å²) in [5.74, 6) is -1.13. The molecule has 0 aliphatic carbocycles. The van der Waals surface area contributed by atoms with E-state index in [4.69, 9.17) is 0 Å². The summed E-state index contributed by atoms with van der Waals surface area (Å²) in [6.07, 6.45) is 0.791. The first kappa shape index (κ1) is 24.1. The third-order valence-electron chi connectivity index (χ3n) is 6.72. The summed E-state index contributed by atoms with van der Waals surface area (Å²) in [6, 6.07) is 25.5. The molecule has 0 unspecified atom stereocenters. The lowest BCUT2D eigenvalue weighted by Gasteiger charge is -2.34. The van der Waals surface area contributed by atoms with Crippen molar-refractivity contribution in [2.24, 2.45) is 5.92 Å². The van der Waals surface area contributed by atoms with E-state index in [-0.39, 0.29) is 29.8 Å². The average molecular weight is 481 g/mol. The van der Waals surface area contributed by atoms with E-state index >= 15 is 0 Å². The summed E-state index contributed by atoms with van der Waals surface area (Å²) >= 11 is 0. The van der Waals surface area contributed by atoms with Crippen LogP contribution in [0.15, 0.2) is 89.8 Å². The van der Waals surface area contributed by atoms with E-state index in [1.54, 1.807) is 0 Å². The number of carbonyl (C=O) groups excluding carboxylic acids is 1. The van der Waals surface area contributed by atoms with Crippen LogP contribution in [0.4, 0.5) is 4.39 Å². The molecule has 1 aliphatic heterocycles. The Morgan fingerprint density at radius 1 is 0.912 bits per heavy atom. The molecule has 7 heteroatoms. The van der Waals surface area contributed by atoms with Crippen molar-refractivity contribution >= 4 is 15.9 Å². The van der Waals surface area contributed by atoms with Crippen LogP contribution in [0.1, 0.15) is 30.9 Å². The zero-order chi connectivity index (χ0) is 24.2. The standard InChI is InChI=1S/C27H29FN2O3S/c1-27(22-10-4-2-5-11-22,23-12-6-3-7-13-23)20-29-26(31)21-16-18-30(19-17-21)34(32,33)25-15-9-8-14-24(25)28/h2-15,21H,16-20H2,1H3,(H,29,31). The van der Waals surface area contributed by atoms with Crippen molar-refractivity contribution in [2.45, 2.75) is 30.1 Å². The first-order valence-corrected chi connectivity index (χ1v) is 12.9. The van der Waals surface area contributed by atoms with Gasteiger partial charge in [-0.05, 0) is 43.0 Å². The van der Waals surface area contributed by atoms with Gasteiger partial charge in [0.05, 0.1) is 0 Å². The average Bonchev–Trinajstić information content (AvgIpc) is 2.88. The number of rotatable bonds is 7. The van der Waals surface area contributed by atoms with Crippen LogP contribution in [0.5, 0.6) is 0 Å². The Morgan fingerprint density at radius 2 is 1.41 bits per heavy atom. The molecule has 1 heterocycles. The lowest BCUT2D eigenvalue weighted by atomic mass is 9.76. The van der Waals surface area contributed by atoms with E-state index in [0.29, 0.717) is 19.4 Å². The third-order valence-corrected chi connectivity index (χ3v) is 8.65. The second-order valence-electron chi connectivity index (χ2n) is 8.89. The van der Waals surface area contributed by atoms with Gasteiger partial charge in [0.25, 0.3) is 0 Å². The number of sulfonamides is 1. The molecule has 5 nitrogen and oxygen atoms in total. The highest BCUT2D eigenvalue weighted by atomic mass is 32.2. The molecule has 1 amide bonds. The molecule has 1 saturated heterocycles. The van der Waals surface area contributed by atoms with Crippen LogP contribution in [0.2, 0.25) is 0 Å². The number of amides is 1. The maximum absolute atomic E-state index is 14.1. The molecule has 3 aromatic carbocycles. The predicted molar refractivity (Wildman–Crippen MR) is 130 cm³/mol. The van der Waals surface area contributed by atoms with E-state index < -0.39 is 21.3 Å². The highest BCUT2D eigenvalue weighted by Gasteiger charge is 2.35. The summed E-state index contributed by atoms with van der Waals surface area (Å²) < 4.78 is 41.0. The smallest absolute Gasteiger partial charge is 0.245 e. The van der Waals surface area contributed by atoms with Gasteiger partial charge in [-0.2, -0.15) is 4.31 Å². The SMILES string of the molecule is CC(CNC(=O)C1CCN(S(=O)(=O)c2ccccc2F)CC1)(c1ccccc1)c1ccccc1. The van der Waals surface area contributed by atoms with Gasteiger partial charge in [-0.1, -0.05) is 72.8 Å². The van der Waals surface area contributed by atoms with Crippen LogP contribution < -0.4 is 5.32 Å². The Morgan fingerprint density at radius 3 is 1.94 bits per heavy atom. The summed E-state index contributed by atoms with van der Waals surface area (Å²) in [7, 11) is -3.92. The summed E-state index contributed by atoms with van der Waals surface area (Å²) in [4.78, 5) is 12.7. The number of halogens is 1. The first-order chi connectivity index (χ1) is 16.3. The number of hydrogen-bond acceptors (Lipinski definition) is 3. The molecule has 34 heavy (non-hydrogen) atoms. The van der Waals surface area contributed by atoms with Crippen LogP contribution in [0.25, 0.3) is 0 Å². The molecule has 0 aromatic heterocycles. The van der Waals surface area contributed by atoms with E-state index in [1.807, 2.05) is 36.4 Å². The van der Waals surface area contributed by atoms with Crippen molar-refractivity contribution in [1.82, 2.24) is 9.62 Å². The molecular formula is C27H29FN2O3S. The topological polar surface area (TPSA) is 66.5 Å². The molecule has 0 radical (unpaired) electrons. The van der Waals surface area contributed by atoms with E-state index in [9.17, 15) is 17.6 Å². The van der Waals surface area contributed by atoms with Gasteiger partial charge in [-0.3, -0.25) is 4.79 Å². The first-order valence-electron chi connectivity index (χ1n) is 11.5. The van der Waals surface area contributed by atoms with E-state index in [2.05, 4.69) is 36.5 Å². The normalized spacial score (nSPS) is 15.7. The highest BCUT2D eigenvalue weighted by molar-refractivity contribution is 7.89. The van der Waals surface area contributed by atoms with Gasteiger partial charge in [0.1, 0.15) is 10.7 Å². The van der Waals surface area contributed by atoms with Crippen molar-refractivity contribution in [3.8, 4) is 0 Å². The minimum Gasteiger partial charge on any atom is -0.355 e. The quantitative estimate of drug-likeness (QED) is 0.547. The van der Waals surface area contributed by atoms with Gasteiger partial charge in [-0.25, -0.2) is 12.8 Å². The number of nitrogens with zero attached hydrogens (tertiary/aromatic N) is 1. The van der Waals surface area contributed by atoms with Gasteiger partial charge in [0, 0.05) is 31.0 Å². The van der Waals surface area contributed by atoms with Crippen molar-refractivity contribution in [1.29, 1.82) is 0 Å². The van der Waals surface area contributed by atoms with Gasteiger partial charge < -0.3 is 5.32 Å². The van der Waals surface area contributed by atoms with E-state index in [0.717, 1.165) is 17.2 Å². The highest BCUT2D eigenvalue weighted by Crippen LogP contribution is 2.32. The lowest BCUT2D eigenvalue weighted by Crippen LogP contribution is -2.46. The van der Waals surface area contributed by atoms with Gasteiger partial charge in [0.15, 0.2) is 0 Å². The van der Waals surface area contributed by atoms with Crippen molar-refractivity contribution in [2.75, 3.05) is 19.6 Å². The van der Waals surface area contributed by atoms with Crippen LogP contribution in [-0.2, 0) is 20.2 Å². The fourth-order valence-corrected chi connectivity index (χ4v) is 6.08. The van der Waals surface area contributed by atoms with Crippen LogP contribution >= 0.6 is 0 Å². The minimum atomic E-state index is -3.92. The Labute approximate surface area is 200 Å². The number of carbonyl (C=O) groups is 1. The summed E-state index contributed by atoms with van der Waals surface area (Å²) in [5, 5.41) is 3.12. The fraction of sp³-hybridized carbons (Fsp3) is 0.296. The number of nitrogens with one attached hydrogen (secondary N) is 1. The zero-order valence-corrected chi connectivity index (χ0v) is 20.0. The van der Waals surface area contributed by atoms with Crippen molar-refractivity contribution in [3.63, 3.8) is 0 Å². The van der Waals surface area contributed by atoms with Crippen molar-refractivity contribution in [3.05, 3.63) is 102 Å². The maximum Gasteiger partial charge on any atom is 0.245 e. The second kappa shape index (κ2) is 10.1. The molecule has 178 valence electrons. The third kappa shape index (κ3) is 4.91. The molecule has 0 bridgehead atoms. The lowest BCUT2D eigenvalue weighted by molar-refractivity contribution is -0.126. The van der Waals surface area contributed by atoms with Gasteiger partial charge in [-0.15, -0.1) is 0 Å². The molecule has 4 rings (SSSR count). The molecule has 0 saturated carbocycles. The Bertz CT molecular complexity index is 1190. The molecular weight excluding hydrogens is 451 g/mol. The molecule has 3 aromatic rings. The van der Waals surface area contributed by atoms with Crippen molar-refractivity contribution < 1.29 is 17.6 Å². The second-order valence-corrected chi connectivity index (χ2v) is 10.8. The van der Waals surface area contributed by atoms with Gasteiger partial charge >= 0.3 is 0 Å². The number of hydrogen-bond donors (Lipinski definition) is 1.